The van der Waals surface area contributed by atoms with Crippen LogP contribution >= 0.6 is 11.6 Å². The van der Waals surface area contributed by atoms with Crippen molar-refractivity contribution in [3.05, 3.63) is 34.3 Å². The van der Waals surface area contributed by atoms with Gasteiger partial charge in [-0.25, -0.2) is 0 Å². The summed E-state index contributed by atoms with van der Waals surface area (Å²) in [6, 6.07) is 5.49. The summed E-state index contributed by atoms with van der Waals surface area (Å²) in [5.41, 5.74) is 1.85. The number of benzene rings is 1. The average molecular weight is 252 g/mol. The summed E-state index contributed by atoms with van der Waals surface area (Å²) in [4.78, 5) is 0. The zero-order chi connectivity index (χ0) is 12.2. The number of hydrogen-bond acceptors (Lipinski definition) is 1. The largest absolute Gasteiger partial charge is 0.390 e. The second kappa shape index (κ2) is 5.55. The minimum atomic E-state index is -4.11. The molecule has 0 unspecified atom stereocenters. The molecule has 0 aliphatic rings. The van der Waals surface area contributed by atoms with Gasteiger partial charge in [-0.2, -0.15) is 13.2 Å². The molecule has 0 heterocycles. The lowest BCUT2D eigenvalue weighted by Gasteiger charge is -2.09. The van der Waals surface area contributed by atoms with Gasteiger partial charge in [-0.1, -0.05) is 23.7 Å². The molecule has 0 aromatic heterocycles. The lowest BCUT2D eigenvalue weighted by atomic mass is 10.1. The van der Waals surface area contributed by atoms with Crippen molar-refractivity contribution in [3.8, 4) is 0 Å². The van der Waals surface area contributed by atoms with Crippen molar-refractivity contribution in [2.45, 2.75) is 26.1 Å². The van der Waals surface area contributed by atoms with E-state index >= 15 is 0 Å². The number of aryl methyl sites for hydroxylation is 1. The van der Waals surface area contributed by atoms with E-state index in [-0.39, 0.29) is 6.54 Å². The fraction of sp³-hybridized carbons (Fsp3) is 0.455. The van der Waals surface area contributed by atoms with E-state index in [2.05, 4.69) is 5.32 Å². The Labute approximate surface area is 97.6 Å². The maximum atomic E-state index is 11.8. The molecule has 16 heavy (non-hydrogen) atoms. The second-order valence-corrected chi connectivity index (χ2v) is 4.04. The van der Waals surface area contributed by atoms with E-state index in [9.17, 15) is 13.2 Å². The van der Waals surface area contributed by atoms with E-state index in [0.717, 1.165) is 11.1 Å². The van der Waals surface area contributed by atoms with Crippen molar-refractivity contribution in [1.82, 2.24) is 5.32 Å². The van der Waals surface area contributed by atoms with E-state index in [4.69, 9.17) is 11.6 Å². The van der Waals surface area contributed by atoms with Crippen molar-refractivity contribution < 1.29 is 13.2 Å². The lowest BCUT2D eigenvalue weighted by Crippen LogP contribution is -2.21. The number of alkyl halides is 3. The summed E-state index contributed by atoms with van der Waals surface area (Å²) in [7, 11) is 0. The molecule has 0 radical (unpaired) electrons. The van der Waals surface area contributed by atoms with Gasteiger partial charge in [0.2, 0.25) is 0 Å². The highest BCUT2D eigenvalue weighted by Gasteiger charge is 2.25. The van der Waals surface area contributed by atoms with Gasteiger partial charge in [0.1, 0.15) is 0 Å². The first-order chi connectivity index (χ1) is 7.38. The van der Waals surface area contributed by atoms with Gasteiger partial charge in [-0.05, 0) is 24.1 Å². The molecule has 1 N–H and O–H groups in total. The predicted octanol–water partition coefficient (Wildman–Crippen LogP) is 3.69. The van der Waals surface area contributed by atoms with Gasteiger partial charge in [0, 0.05) is 18.1 Å². The van der Waals surface area contributed by atoms with Crippen LogP contribution in [-0.2, 0) is 6.54 Å². The molecular formula is C11H13ClF3N. The SMILES string of the molecule is Cc1ccc(CNCCC(F)(F)F)c(Cl)c1. The van der Waals surface area contributed by atoms with Gasteiger partial charge in [0.15, 0.2) is 0 Å². The van der Waals surface area contributed by atoms with Crippen LogP contribution in [0.1, 0.15) is 17.5 Å². The molecule has 1 aromatic rings. The Morgan fingerprint density at radius 2 is 2.00 bits per heavy atom. The van der Waals surface area contributed by atoms with Crippen LogP contribution in [0.4, 0.5) is 13.2 Å². The van der Waals surface area contributed by atoms with E-state index < -0.39 is 12.6 Å². The van der Waals surface area contributed by atoms with Gasteiger partial charge in [-0.15, -0.1) is 0 Å². The maximum absolute atomic E-state index is 11.8. The fourth-order valence-corrected chi connectivity index (χ4v) is 1.55. The zero-order valence-electron chi connectivity index (χ0n) is 8.87. The molecule has 0 bridgehead atoms. The van der Waals surface area contributed by atoms with Crippen LogP contribution in [0.15, 0.2) is 18.2 Å². The molecule has 1 aromatic carbocycles. The molecule has 0 aliphatic heterocycles. The first-order valence-corrected chi connectivity index (χ1v) is 5.29. The first kappa shape index (κ1) is 13.3. The number of rotatable bonds is 4. The molecular weight excluding hydrogens is 239 g/mol. The van der Waals surface area contributed by atoms with Crippen molar-refractivity contribution in [3.63, 3.8) is 0 Å². The molecule has 0 saturated heterocycles. The Morgan fingerprint density at radius 1 is 1.31 bits per heavy atom. The van der Waals surface area contributed by atoms with Crippen molar-refractivity contribution in [2.75, 3.05) is 6.54 Å². The monoisotopic (exact) mass is 251 g/mol. The van der Waals surface area contributed by atoms with Crippen LogP contribution in [0.2, 0.25) is 5.02 Å². The third-order valence-corrected chi connectivity index (χ3v) is 2.46. The standard InChI is InChI=1S/C11H13ClF3N/c1-8-2-3-9(10(12)6-8)7-16-5-4-11(13,14)15/h2-3,6,16H,4-5,7H2,1H3. The molecule has 0 spiro atoms. The summed E-state index contributed by atoms with van der Waals surface area (Å²) in [5, 5.41) is 3.30. The lowest BCUT2D eigenvalue weighted by molar-refractivity contribution is -0.133. The predicted molar refractivity (Wildman–Crippen MR) is 58.6 cm³/mol. The topological polar surface area (TPSA) is 12.0 Å². The van der Waals surface area contributed by atoms with Crippen LogP contribution in [0.5, 0.6) is 0 Å². The van der Waals surface area contributed by atoms with Gasteiger partial charge >= 0.3 is 6.18 Å². The third kappa shape index (κ3) is 4.86. The smallest absolute Gasteiger partial charge is 0.312 e. The molecule has 90 valence electrons. The maximum Gasteiger partial charge on any atom is 0.390 e. The molecule has 0 fully saturated rings. The molecule has 1 rings (SSSR count). The second-order valence-electron chi connectivity index (χ2n) is 3.64. The number of nitrogens with one attached hydrogen (secondary N) is 1. The van der Waals surface area contributed by atoms with Crippen LogP contribution in [0.3, 0.4) is 0 Å². The summed E-state index contributed by atoms with van der Waals surface area (Å²) >= 11 is 5.94. The molecule has 0 aliphatic carbocycles. The van der Waals surface area contributed by atoms with Gasteiger partial charge in [-0.3, -0.25) is 0 Å². The summed E-state index contributed by atoms with van der Waals surface area (Å²) in [6.45, 7) is 2.18. The van der Waals surface area contributed by atoms with Crippen LogP contribution in [-0.4, -0.2) is 12.7 Å². The van der Waals surface area contributed by atoms with E-state index in [0.29, 0.717) is 11.6 Å². The summed E-state index contributed by atoms with van der Waals surface area (Å²) in [6.07, 6.45) is -4.93. The van der Waals surface area contributed by atoms with E-state index in [1.54, 1.807) is 6.07 Å². The highest BCUT2D eigenvalue weighted by Crippen LogP contribution is 2.19. The highest BCUT2D eigenvalue weighted by atomic mass is 35.5. The minimum Gasteiger partial charge on any atom is -0.312 e. The molecule has 0 amide bonds. The zero-order valence-corrected chi connectivity index (χ0v) is 9.62. The van der Waals surface area contributed by atoms with Crippen molar-refractivity contribution >= 4 is 11.6 Å². The highest BCUT2D eigenvalue weighted by molar-refractivity contribution is 6.31. The Bertz CT molecular complexity index is 350. The van der Waals surface area contributed by atoms with Crippen LogP contribution < -0.4 is 5.32 Å². The van der Waals surface area contributed by atoms with E-state index in [1.165, 1.54) is 0 Å². The molecule has 0 saturated carbocycles. The fourth-order valence-electron chi connectivity index (χ4n) is 1.25. The van der Waals surface area contributed by atoms with E-state index in [1.807, 2.05) is 19.1 Å². The molecule has 0 atom stereocenters. The average Bonchev–Trinajstić information content (AvgIpc) is 2.13. The third-order valence-electron chi connectivity index (χ3n) is 2.11. The first-order valence-electron chi connectivity index (χ1n) is 4.91. The van der Waals surface area contributed by atoms with Crippen molar-refractivity contribution in [1.29, 1.82) is 0 Å². The summed E-state index contributed by atoms with van der Waals surface area (Å²) < 4.78 is 35.5. The quantitative estimate of drug-likeness (QED) is 0.805. The Kier molecular flexibility index (Phi) is 4.62. The number of hydrogen-bond donors (Lipinski definition) is 1. The van der Waals surface area contributed by atoms with Gasteiger partial charge < -0.3 is 5.32 Å². The number of halogens is 4. The van der Waals surface area contributed by atoms with Gasteiger partial charge in [0.25, 0.3) is 0 Å². The molecule has 1 nitrogen and oxygen atoms in total. The summed E-state index contributed by atoms with van der Waals surface area (Å²) in [5.74, 6) is 0. The normalized spacial score (nSPS) is 11.8. The Hall–Kier alpha value is -0.740. The van der Waals surface area contributed by atoms with Crippen LogP contribution in [0, 0.1) is 6.92 Å². The Balaban J connectivity index is 2.38. The van der Waals surface area contributed by atoms with Crippen LogP contribution in [0.25, 0.3) is 0 Å². The Morgan fingerprint density at radius 3 is 2.56 bits per heavy atom. The van der Waals surface area contributed by atoms with Gasteiger partial charge in [0.05, 0.1) is 6.42 Å². The minimum absolute atomic E-state index is 0.0896. The molecule has 5 heteroatoms. The van der Waals surface area contributed by atoms with Crippen molar-refractivity contribution in [2.24, 2.45) is 0 Å².